The second-order valence-corrected chi connectivity index (χ2v) is 5.12. The first-order valence-electron chi connectivity index (χ1n) is 7.31. The van der Waals surface area contributed by atoms with E-state index in [1.54, 1.807) is 6.07 Å². The zero-order chi connectivity index (χ0) is 19.4. The smallest absolute Gasteiger partial charge is 0.346 e. The maximum absolute atomic E-state index is 12.3. The standard InChI is InChI=1S/C16H17N3O7/c1-19-13(17)11(14(21)18-16(19)23)8(20)7-26-15(22)12-9(24-2)5-4-6-10(12)25-3/h4-6H,7,17H2,1-3H3,(H,18,21,23). The molecular weight excluding hydrogens is 346 g/mol. The summed E-state index contributed by atoms with van der Waals surface area (Å²) in [5.74, 6) is -1.67. The van der Waals surface area contributed by atoms with Gasteiger partial charge in [0.2, 0.25) is 5.78 Å². The molecule has 0 saturated heterocycles. The van der Waals surface area contributed by atoms with E-state index in [-0.39, 0.29) is 22.9 Å². The number of methoxy groups -OCH3 is 2. The third-order valence-electron chi connectivity index (χ3n) is 3.61. The number of ketones is 1. The highest BCUT2D eigenvalue weighted by Crippen LogP contribution is 2.28. The van der Waals surface area contributed by atoms with Crippen molar-refractivity contribution >= 4 is 17.6 Å². The van der Waals surface area contributed by atoms with Crippen molar-refractivity contribution in [2.45, 2.75) is 0 Å². The number of H-pyrrole nitrogens is 1. The summed E-state index contributed by atoms with van der Waals surface area (Å²) in [6, 6.07) is 4.66. The van der Waals surface area contributed by atoms with Crippen LogP contribution in [0.25, 0.3) is 0 Å². The van der Waals surface area contributed by atoms with Crippen LogP contribution in [0.1, 0.15) is 20.7 Å². The van der Waals surface area contributed by atoms with Crippen molar-refractivity contribution < 1.29 is 23.8 Å². The number of nitrogens with one attached hydrogen (secondary N) is 1. The zero-order valence-electron chi connectivity index (χ0n) is 14.3. The number of aromatic amines is 1. The first-order valence-corrected chi connectivity index (χ1v) is 7.31. The number of esters is 1. The van der Waals surface area contributed by atoms with Gasteiger partial charge >= 0.3 is 11.7 Å². The molecule has 0 fully saturated rings. The van der Waals surface area contributed by atoms with Gasteiger partial charge in [-0.25, -0.2) is 9.59 Å². The minimum absolute atomic E-state index is 0.00681. The van der Waals surface area contributed by atoms with Crippen LogP contribution in [0.5, 0.6) is 11.5 Å². The zero-order valence-corrected chi connectivity index (χ0v) is 14.3. The quantitative estimate of drug-likeness (QED) is 0.527. The Balaban J connectivity index is 2.27. The predicted octanol–water partition coefficient (Wildman–Crippen LogP) is -0.287. The van der Waals surface area contributed by atoms with Gasteiger partial charge in [0.25, 0.3) is 5.56 Å². The Bertz CT molecular complexity index is 953. The lowest BCUT2D eigenvalue weighted by Gasteiger charge is -2.12. The molecule has 10 nitrogen and oxygen atoms in total. The summed E-state index contributed by atoms with van der Waals surface area (Å²) in [4.78, 5) is 49.8. The summed E-state index contributed by atoms with van der Waals surface area (Å²) < 4.78 is 16.0. The molecule has 2 rings (SSSR count). The Kier molecular flexibility index (Phi) is 5.45. The van der Waals surface area contributed by atoms with E-state index in [2.05, 4.69) is 0 Å². The molecule has 0 aliphatic heterocycles. The van der Waals surface area contributed by atoms with E-state index in [0.717, 1.165) is 4.57 Å². The van der Waals surface area contributed by atoms with Gasteiger partial charge in [0.05, 0.1) is 14.2 Å². The van der Waals surface area contributed by atoms with Crippen molar-refractivity contribution in [3.8, 4) is 11.5 Å². The van der Waals surface area contributed by atoms with Gasteiger partial charge in [0, 0.05) is 7.05 Å². The summed E-state index contributed by atoms with van der Waals surface area (Å²) in [5.41, 5.74) is 3.44. The van der Waals surface area contributed by atoms with E-state index in [9.17, 15) is 19.2 Å². The molecule has 0 aliphatic rings. The number of ether oxygens (including phenoxy) is 3. The van der Waals surface area contributed by atoms with Crippen molar-refractivity contribution in [3.05, 3.63) is 50.2 Å². The van der Waals surface area contributed by atoms with Gasteiger partial charge in [0.15, 0.2) is 6.61 Å². The normalized spacial score (nSPS) is 10.3. The van der Waals surface area contributed by atoms with Crippen molar-refractivity contribution in [1.82, 2.24) is 9.55 Å². The van der Waals surface area contributed by atoms with Crippen LogP contribution in [0.15, 0.2) is 27.8 Å². The number of Topliss-reactive ketones (excluding diaryl/α,β-unsaturated/α-hetero) is 1. The minimum atomic E-state index is -0.957. The number of anilines is 1. The van der Waals surface area contributed by atoms with E-state index in [4.69, 9.17) is 19.9 Å². The molecule has 1 aromatic heterocycles. The number of rotatable bonds is 6. The fourth-order valence-corrected chi connectivity index (χ4v) is 2.23. The molecule has 1 aromatic carbocycles. The fraction of sp³-hybridized carbons (Fsp3) is 0.250. The molecule has 0 saturated carbocycles. The second kappa shape index (κ2) is 7.55. The highest BCUT2D eigenvalue weighted by Gasteiger charge is 2.23. The number of benzene rings is 1. The maximum Gasteiger partial charge on any atom is 0.346 e. The Morgan fingerprint density at radius 2 is 1.69 bits per heavy atom. The Morgan fingerprint density at radius 1 is 1.12 bits per heavy atom. The van der Waals surface area contributed by atoms with Crippen LogP contribution in [0, 0.1) is 0 Å². The molecule has 138 valence electrons. The van der Waals surface area contributed by atoms with E-state index < -0.39 is 35.2 Å². The number of nitrogen functional groups attached to an aromatic ring is 1. The van der Waals surface area contributed by atoms with Gasteiger partial charge in [0.1, 0.15) is 28.4 Å². The molecule has 3 N–H and O–H groups in total. The van der Waals surface area contributed by atoms with E-state index in [0.29, 0.717) is 0 Å². The number of nitrogens with two attached hydrogens (primary N) is 1. The molecule has 0 amide bonds. The monoisotopic (exact) mass is 363 g/mol. The van der Waals surface area contributed by atoms with Gasteiger partial charge in [-0.1, -0.05) is 6.07 Å². The number of hydrogen-bond donors (Lipinski definition) is 2. The minimum Gasteiger partial charge on any atom is -0.496 e. The van der Waals surface area contributed by atoms with E-state index in [1.165, 1.54) is 33.4 Å². The number of aromatic nitrogens is 2. The average Bonchev–Trinajstić information content (AvgIpc) is 2.63. The third kappa shape index (κ3) is 3.43. The van der Waals surface area contributed by atoms with Crippen LogP contribution in [0.3, 0.4) is 0 Å². The van der Waals surface area contributed by atoms with E-state index in [1.807, 2.05) is 4.98 Å². The molecule has 0 atom stereocenters. The maximum atomic E-state index is 12.3. The van der Waals surface area contributed by atoms with Crippen molar-refractivity contribution in [2.75, 3.05) is 26.6 Å². The van der Waals surface area contributed by atoms with Crippen LogP contribution >= 0.6 is 0 Å². The molecule has 0 bridgehead atoms. The van der Waals surface area contributed by atoms with Crippen LogP contribution < -0.4 is 26.5 Å². The largest absolute Gasteiger partial charge is 0.496 e. The summed E-state index contributed by atoms with van der Waals surface area (Å²) in [5, 5.41) is 0. The summed E-state index contributed by atoms with van der Waals surface area (Å²) in [6.07, 6.45) is 0. The van der Waals surface area contributed by atoms with E-state index >= 15 is 0 Å². The molecular formula is C16H17N3O7. The number of carbonyl (C=O) groups is 2. The fourth-order valence-electron chi connectivity index (χ4n) is 2.23. The highest BCUT2D eigenvalue weighted by molar-refractivity contribution is 6.03. The Hall–Kier alpha value is -3.56. The van der Waals surface area contributed by atoms with Crippen LogP contribution in [0.4, 0.5) is 5.82 Å². The lowest BCUT2D eigenvalue weighted by atomic mass is 10.1. The molecule has 0 aliphatic carbocycles. The molecule has 10 heteroatoms. The Morgan fingerprint density at radius 3 is 2.23 bits per heavy atom. The average molecular weight is 363 g/mol. The lowest BCUT2D eigenvalue weighted by molar-refractivity contribution is 0.0468. The second-order valence-electron chi connectivity index (χ2n) is 5.12. The SMILES string of the molecule is COc1cccc(OC)c1C(=O)OCC(=O)c1c(N)n(C)c(=O)[nH]c1=O. The lowest BCUT2D eigenvalue weighted by Crippen LogP contribution is -2.35. The van der Waals surface area contributed by atoms with Gasteiger partial charge < -0.3 is 19.9 Å². The van der Waals surface area contributed by atoms with Crippen LogP contribution in [-0.2, 0) is 11.8 Å². The third-order valence-corrected chi connectivity index (χ3v) is 3.61. The molecule has 0 spiro atoms. The molecule has 2 aromatic rings. The van der Waals surface area contributed by atoms with Crippen LogP contribution in [-0.4, -0.2) is 42.1 Å². The summed E-state index contributed by atoms with van der Waals surface area (Å²) >= 11 is 0. The first-order chi connectivity index (χ1) is 12.3. The number of nitrogens with zero attached hydrogens (tertiary/aromatic N) is 1. The summed E-state index contributed by atoms with van der Waals surface area (Å²) in [7, 11) is 4.01. The van der Waals surface area contributed by atoms with Crippen molar-refractivity contribution in [1.29, 1.82) is 0 Å². The van der Waals surface area contributed by atoms with Crippen molar-refractivity contribution in [2.24, 2.45) is 7.05 Å². The summed E-state index contributed by atoms with van der Waals surface area (Å²) in [6.45, 7) is -0.758. The molecule has 26 heavy (non-hydrogen) atoms. The van der Waals surface area contributed by atoms with Gasteiger partial charge in [-0.05, 0) is 12.1 Å². The predicted molar refractivity (Wildman–Crippen MR) is 90.9 cm³/mol. The number of carbonyl (C=O) groups excluding carboxylic acids is 2. The van der Waals surface area contributed by atoms with Gasteiger partial charge in [-0.3, -0.25) is 19.1 Å². The molecule has 0 unspecified atom stereocenters. The number of hydrogen-bond acceptors (Lipinski definition) is 8. The first kappa shape index (κ1) is 18.8. The van der Waals surface area contributed by atoms with Gasteiger partial charge in [-0.15, -0.1) is 0 Å². The highest BCUT2D eigenvalue weighted by atomic mass is 16.5. The van der Waals surface area contributed by atoms with Crippen LogP contribution in [0.2, 0.25) is 0 Å². The Labute approximate surface area is 147 Å². The molecule has 1 heterocycles. The van der Waals surface area contributed by atoms with Crippen molar-refractivity contribution in [3.63, 3.8) is 0 Å². The van der Waals surface area contributed by atoms with Gasteiger partial charge in [-0.2, -0.15) is 0 Å². The topological polar surface area (TPSA) is 143 Å². The molecule has 0 radical (unpaired) electrons.